The van der Waals surface area contributed by atoms with Crippen molar-refractivity contribution in [2.75, 3.05) is 7.11 Å². The van der Waals surface area contributed by atoms with E-state index in [1.54, 1.807) is 21.3 Å². The van der Waals surface area contributed by atoms with Gasteiger partial charge in [-0.05, 0) is 36.2 Å². The first-order chi connectivity index (χ1) is 16.0. The summed E-state index contributed by atoms with van der Waals surface area (Å²) in [6.07, 6.45) is 2.68. The maximum Gasteiger partial charge on any atom is 0.337 e. The largest absolute Gasteiger partial charge is 0.469 e. The molecule has 34 heavy (non-hydrogen) atoms. The predicted molar refractivity (Wildman–Crippen MR) is 135 cm³/mol. The van der Waals surface area contributed by atoms with Gasteiger partial charge in [0, 0.05) is 23.7 Å². The van der Waals surface area contributed by atoms with E-state index in [-0.39, 0.29) is 29.9 Å². The molecule has 1 aromatic heterocycles. The van der Waals surface area contributed by atoms with Crippen LogP contribution in [0.2, 0.25) is 0 Å². The number of hydrogen-bond donors (Lipinski definition) is 2. The molecule has 0 aliphatic carbocycles. The van der Waals surface area contributed by atoms with E-state index in [1.807, 2.05) is 72.9 Å². The number of rotatable bonds is 7. The van der Waals surface area contributed by atoms with Gasteiger partial charge in [-0.3, -0.25) is 19.3 Å². The van der Waals surface area contributed by atoms with Crippen LogP contribution in [0.3, 0.4) is 0 Å². The number of carbonyl (C=O) groups is 1. The lowest BCUT2D eigenvalue weighted by Crippen LogP contribution is -2.22. The molecule has 4 aromatic rings. The van der Waals surface area contributed by atoms with Crippen molar-refractivity contribution in [2.24, 2.45) is 5.73 Å². The SMILES string of the molecule is COC(=O)CCc1ccc(-n2cc(-c3ccc(C(=N)N)cc3)n(-c3ccccc3)c2=O)cc1.Cl. The summed E-state index contributed by atoms with van der Waals surface area (Å²) in [5.41, 5.74) is 10.0. The van der Waals surface area contributed by atoms with Gasteiger partial charge in [-0.15, -0.1) is 12.4 Å². The number of nitrogen functional groups attached to an aromatic ring is 1. The van der Waals surface area contributed by atoms with Crippen LogP contribution >= 0.6 is 12.4 Å². The highest BCUT2D eigenvalue weighted by molar-refractivity contribution is 5.95. The van der Waals surface area contributed by atoms with Crippen molar-refractivity contribution < 1.29 is 9.53 Å². The topological polar surface area (TPSA) is 103 Å². The molecule has 3 N–H and O–H groups in total. The highest BCUT2D eigenvalue weighted by Crippen LogP contribution is 2.24. The molecule has 0 amide bonds. The average Bonchev–Trinajstić information content (AvgIpc) is 3.20. The average molecular weight is 477 g/mol. The number of halogens is 1. The van der Waals surface area contributed by atoms with Gasteiger partial charge in [0.05, 0.1) is 24.2 Å². The van der Waals surface area contributed by atoms with Gasteiger partial charge >= 0.3 is 11.7 Å². The van der Waals surface area contributed by atoms with Crippen LogP contribution < -0.4 is 11.4 Å². The van der Waals surface area contributed by atoms with Crippen molar-refractivity contribution in [3.05, 3.63) is 107 Å². The Bertz CT molecular complexity index is 1340. The van der Waals surface area contributed by atoms with Gasteiger partial charge < -0.3 is 10.5 Å². The number of aryl methyl sites for hydroxylation is 1. The number of esters is 1. The molecule has 3 aromatic carbocycles. The number of para-hydroxylation sites is 1. The minimum absolute atomic E-state index is 0. The normalized spacial score (nSPS) is 10.4. The summed E-state index contributed by atoms with van der Waals surface area (Å²) in [6, 6.07) is 24.2. The molecule has 0 radical (unpaired) electrons. The lowest BCUT2D eigenvalue weighted by Gasteiger charge is -2.08. The third kappa shape index (κ3) is 5.10. The second kappa shape index (κ2) is 10.7. The van der Waals surface area contributed by atoms with Crippen molar-refractivity contribution >= 4 is 24.2 Å². The molecule has 0 bridgehead atoms. The highest BCUT2D eigenvalue weighted by Gasteiger charge is 2.16. The van der Waals surface area contributed by atoms with Gasteiger partial charge in [-0.1, -0.05) is 54.6 Å². The van der Waals surface area contributed by atoms with E-state index in [2.05, 4.69) is 0 Å². The number of imidazole rings is 1. The van der Waals surface area contributed by atoms with Gasteiger partial charge in [0.25, 0.3) is 0 Å². The summed E-state index contributed by atoms with van der Waals surface area (Å²) < 4.78 is 7.96. The van der Waals surface area contributed by atoms with Gasteiger partial charge in [0.2, 0.25) is 0 Å². The van der Waals surface area contributed by atoms with E-state index in [0.29, 0.717) is 18.4 Å². The maximum absolute atomic E-state index is 13.5. The van der Waals surface area contributed by atoms with Crippen LogP contribution in [-0.2, 0) is 16.0 Å². The summed E-state index contributed by atoms with van der Waals surface area (Å²) in [7, 11) is 1.38. The zero-order chi connectivity index (χ0) is 23.4. The first-order valence-corrected chi connectivity index (χ1v) is 10.5. The smallest absolute Gasteiger partial charge is 0.337 e. The van der Waals surface area contributed by atoms with E-state index in [0.717, 1.165) is 28.2 Å². The second-order valence-corrected chi connectivity index (χ2v) is 7.57. The van der Waals surface area contributed by atoms with Crippen molar-refractivity contribution in [3.8, 4) is 22.6 Å². The van der Waals surface area contributed by atoms with Crippen LogP contribution in [0.1, 0.15) is 17.5 Å². The van der Waals surface area contributed by atoms with Crippen molar-refractivity contribution in [1.29, 1.82) is 5.41 Å². The van der Waals surface area contributed by atoms with Crippen LogP contribution in [0.5, 0.6) is 0 Å². The lowest BCUT2D eigenvalue weighted by atomic mass is 10.1. The summed E-state index contributed by atoms with van der Waals surface area (Å²) in [5, 5.41) is 7.61. The number of carbonyl (C=O) groups excluding carboxylic acids is 1. The van der Waals surface area contributed by atoms with Crippen LogP contribution in [0, 0.1) is 5.41 Å². The number of nitrogens with one attached hydrogen (secondary N) is 1. The van der Waals surface area contributed by atoms with Gasteiger partial charge in [-0.25, -0.2) is 4.79 Å². The van der Waals surface area contributed by atoms with Crippen LogP contribution in [-0.4, -0.2) is 28.0 Å². The van der Waals surface area contributed by atoms with E-state index in [1.165, 1.54) is 7.11 Å². The molecule has 0 unspecified atom stereocenters. The molecule has 4 rings (SSSR count). The molecular weight excluding hydrogens is 452 g/mol. The second-order valence-electron chi connectivity index (χ2n) is 7.57. The molecule has 0 atom stereocenters. The monoisotopic (exact) mass is 476 g/mol. The first-order valence-electron chi connectivity index (χ1n) is 10.5. The van der Waals surface area contributed by atoms with Crippen molar-refractivity contribution in [1.82, 2.24) is 9.13 Å². The number of benzene rings is 3. The van der Waals surface area contributed by atoms with E-state index in [4.69, 9.17) is 15.9 Å². The van der Waals surface area contributed by atoms with Crippen LogP contribution in [0.4, 0.5) is 0 Å². The molecule has 1 heterocycles. The minimum Gasteiger partial charge on any atom is -0.469 e. The molecule has 7 nitrogen and oxygen atoms in total. The fraction of sp³-hybridized carbons (Fsp3) is 0.115. The summed E-state index contributed by atoms with van der Waals surface area (Å²) in [4.78, 5) is 24.9. The third-order valence-corrected chi connectivity index (χ3v) is 5.46. The molecule has 0 saturated carbocycles. The molecule has 0 spiro atoms. The Kier molecular flexibility index (Phi) is 7.71. The number of amidine groups is 1. The number of methoxy groups -OCH3 is 1. The Labute approximate surface area is 203 Å². The van der Waals surface area contributed by atoms with Crippen LogP contribution in [0.15, 0.2) is 89.9 Å². The summed E-state index contributed by atoms with van der Waals surface area (Å²) in [5.74, 6) is -0.262. The molecule has 0 aliphatic heterocycles. The molecule has 8 heteroatoms. The van der Waals surface area contributed by atoms with Crippen molar-refractivity contribution in [3.63, 3.8) is 0 Å². The summed E-state index contributed by atoms with van der Waals surface area (Å²) in [6.45, 7) is 0. The molecule has 0 aliphatic rings. The fourth-order valence-corrected chi connectivity index (χ4v) is 3.65. The molecule has 174 valence electrons. The number of nitrogens with zero attached hydrogens (tertiary/aromatic N) is 2. The quantitative estimate of drug-likeness (QED) is 0.238. The number of nitrogens with two attached hydrogens (primary N) is 1. The van der Waals surface area contributed by atoms with Gasteiger partial charge in [0.15, 0.2) is 0 Å². The third-order valence-electron chi connectivity index (χ3n) is 5.46. The van der Waals surface area contributed by atoms with Crippen molar-refractivity contribution in [2.45, 2.75) is 12.8 Å². The standard InChI is InChI=1S/C26H24N4O3.ClH/c1-33-24(31)16-9-18-7-14-21(15-8-18)29-17-23(19-10-12-20(13-11-19)25(27)28)30(26(29)32)22-5-3-2-4-6-22;/h2-8,10-15,17H,9,16H2,1H3,(H3,27,28);1H. The highest BCUT2D eigenvalue weighted by atomic mass is 35.5. The fourth-order valence-electron chi connectivity index (χ4n) is 3.65. The number of ether oxygens (including phenoxy) is 1. The Morgan fingerprint density at radius 1 is 0.941 bits per heavy atom. The van der Waals surface area contributed by atoms with E-state index >= 15 is 0 Å². The Hall–Kier alpha value is -4.10. The molecule has 0 saturated heterocycles. The van der Waals surface area contributed by atoms with Gasteiger partial charge in [-0.2, -0.15) is 0 Å². The number of hydrogen-bond acceptors (Lipinski definition) is 4. The van der Waals surface area contributed by atoms with E-state index < -0.39 is 0 Å². The lowest BCUT2D eigenvalue weighted by molar-refractivity contribution is -0.140. The summed E-state index contributed by atoms with van der Waals surface area (Å²) >= 11 is 0. The minimum atomic E-state index is -0.254. The Morgan fingerprint density at radius 2 is 1.59 bits per heavy atom. The molecule has 0 fully saturated rings. The molecular formula is C26H25ClN4O3. The zero-order valence-electron chi connectivity index (χ0n) is 18.6. The Balaban J connectivity index is 0.00000324. The first kappa shape index (κ1) is 24.5. The Morgan fingerprint density at radius 3 is 2.18 bits per heavy atom. The van der Waals surface area contributed by atoms with Crippen LogP contribution in [0.25, 0.3) is 22.6 Å². The maximum atomic E-state index is 13.5. The van der Waals surface area contributed by atoms with E-state index in [9.17, 15) is 9.59 Å². The predicted octanol–water partition coefficient (Wildman–Crippen LogP) is 4.11. The zero-order valence-corrected chi connectivity index (χ0v) is 19.4. The number of aromatic nitrogens is 2. The van der Waals surface area contributed by atoms with Gasteiger partial charge in [0.1, 0.15) is 5.84 Å².